The Morgan fingerprint density at radius 2 is 2.20 bits per heavy atom. The maximum Gasteiger partial charge on any atom is 0.272 e. The quantitative estimate of drug-likeness (QED) is 0.607. The molecule has 0 radical (unpaired) electrons. The van der Waals surface area contributed by atoms with Gasteiger partial charge in [-0.1, -0.05) is 12.1 Å². The Hall–Kier alpha value is -1.42. The average Bonchev–Trinajstić information content (AvgIpc) is 2.87. The van der Waals surface area contributed by atoms with Crippen molar-refractivity contribution in [1.82, 2.24) is 0 Å². The number of nitrogens with zero attached hydrogens (tertiary/aromatic N) is 1. The van der Waals surface area contributed by atoms with E-state index in [1.807, 2.05) is 13.0 Å². The first-order valence-electron chi connectivity index (χ1n) is 5.04. The summed E-state index contributed by atoms with van der Waals surface area (Å²) in [5.74, 6) is 0. The fraction of sp³-hybridized carbons (Fsp3) is 0.455. The number of rotatable bonds is 3. The summed E-state index contributed by atoms with van der Waals surface area (Å²) in [7, 11) is 0. The molecule has 1 fully saturated rings. The smallest absolute Gasteiger partial charge is 0.272 e. The molecule has 4 heteroatoms. The van der Waals surface area contributed by atoms with Gasteiger partial charge in [-0.3, -0.25) is 10.1 Å². The van der Waals surface area contributed by atoms with Crippen molar-refractivity contribution in [3.8, 4) is 0 Å². The van der Waals surface area contributed by atoms with Crippen LogP contribution < -0.4 is 5.73 Å². The van der Waals surface area contributed by atoms with E-state index in [9.17, 15) is 10.1 Å². The fourth-order valence-corrected chi connectivity index (χ4v) is 1.78. The molecule has 0 saturated heterocycles. The lowest BCUT2D eigenvalue weighted by molar-refractivity contribution is -0.385. The van der Waals surface area contributed by atoms with Crippen LogP contribution in [0.1, 0.15) is 24.0 Å². The minimum absolute atomic E-state index is 0.184. The predicted octanol–water partition coefficient (Wildman–Crippen LogP) is 1.94. The van der Waals surface area contributed by atoms with Gasteiger partial charge in [0.15, 0.2) is 0 Å². The lowest BCUT2D eigenvalue weighted by Gasteiger charge is -2.11. The van der Waals surface area contributed by atoms with E-state index >= 15 is 0 Å². The zero-order valence-corrected chi connectivity index (χ0v) is 8.69. The number of nitro groups is 1. The Morgan fingerprint density at radius 3 is 2.73 bits per heavy atom. The predicted molar refractivity (Wildman–Crippen MR) is 57.7 cm³/mol. The molecule has 2 rings (SSSR count). The van der Waals surface area contributed by atoms with Crippen LogP contribution in [0.2, 0.25) is 0 Å². The van der Waals surface area contributed by atoms with Gasteiger partial charge in [0.1, 0.15) is 0 Å². The molecular weight excluding hydrogens is 192 g/mol. The monoisotopic (exact) mass is 206 g/mol. The van der Waals surface area contributed by atoms with Gasteiger partial charge in [-0.2, -0.15) is 0 Å². The van der Waals surface area contributed by atoms with Crippen molar-refractivity contribution in [3.05, 3.63) is 39.4 Å². The molecule has 80 valence electrons. The highest BCUT2D eigenvalue weighted by molar-refractivity contribution is 5.46. The Kier molecular flexibility index (Phi) is 2.23. The van der Waals surface area contributed by atoms with Gasteiger partial charge in [-0.15, -0.1) is 0 Å². The van der Waals surface area contributed by atoms with Crippen LogP contribution >= 0.6 is 0 Å². The normalized spacial score (nSPS) is 17.5. The summed E-state index contributed by atoms with van der Waals surface area (Å²) in [6.07, 6.45) is 2.56. The Bertz CT molecular complexity index is 411. The van der Waals surface area contributed by atoms with Gasteiger partial charge in [0, 0.05) is 17.2 Å². The largest absolute Gasteiger partial charge is 0.325 e. The maximum absolute atomic E-state index is 10.8. The molecule has 0 aliphatic heterocycles. The Labute approximate surface area is 88.2 Å². The summed E-state index contributed by atoms with van der Waals surface area (Å²) >= 11 is 0. The van der Waals surface area contributed by atoms with Gasteiger partial charge in [-0.05, 0) is 31.7 Å². The van der Waals surface area contributed by atoms with E-state index in [0.29, 0.717) is 6.42 Å². The Balaban J connectivity index is 2.38. The molecule has 0 amide bonds. The second kappa shape index (κ2) is 3.31. The van der Waals surface area contributed by atoms with E-state index in [1.54, 1.807) is 12.1 Å². The van der Waals surface area contributed by atoms with Crippen LogP contribution in [0.4, 0.5) is 5.69 Å². The summed E-state index contributed by atoms with van der Waals surface area (Å²) in [6.45, 7) is 1.90. The van der Waals surface area contributed by atoms with Gasteiger partial charge in [0.05, 0.1) is 4.92 Å². The van der Waals surface area contributed by atoms with Gasteiger partial charge in [0.25, 0.3) is 5.69 Å². The number of hydrogen-bond donors (Lipinski definition) is 1. The molecule has 0 atom stereocenters. The van der Waals surface area contributed by atoms with E-state index in [2.05, 4.69) is 0 Å². The number of benzene rings is 1. The molecule has 0 aromatic heterocycles. The molecule has 1 saturated carbocycles. The van der Waals surface area contributed by atoms with Gasteiger partial charge in [-0.25, -0.2) is 0 Å². The molecule has 0 heterocycles. The first-order valence-corrected chi connectivity index (χ1v) is 5.04. The van der Waals surface area contributed by atoms with Crippen molar-refractivity contribution in [3.63, 3.8) is 0 Å². The highest BCUT2D eigenvalue weighted by atomic mass is 16.6. The summed E-state index contributed by atoms with van der Waals surface area (Å²) in [6, 6.07) is 5.16. The highest BCUT2D eigenvalue weighted by Gasteiger charge is 2.40. The second-order valence-electron chi connectivity index (χ2n) is 4.37. The van der Waals surface area contributed by atoms with Crippen LogP contribution in [0.25, 0.3) is 0 Å². The second-order valence-corrected chi connectivity index (χ2v) is 4.37. The van der Waals surface area contributed by atoms with Gasteiger partial charge < -0.3 is 5.73 Å². The lowest BCUT2D eigenvalue weighted by atomic mass is 9.98. The molecule has 0 bridgehead atoms. The van der Waals surface area contributed by atoms with E-state index in [0.717, 1.165) is 24.0 Å². The van der Waals surface area contributed by atoms with Gasteiger partial charge in [0.2, 0.25) is 0 Å². The number of hydrogen-bond acceptors (Lipinski definition) is 3. The van der Waals surface area contributed by atoms with E-state index in [1.165, 1.54) is 0 Å². The Morgan fingerprint density at radius 1 is 1.53 bits per heavy atom. The minimum Gasteiger partial charge on any atom is -0.325 e. The summed E-state index contributed by atoms with van der Waals surface area (Å²) in [4.78, 5) is 10.5. The van der Waals surface area contributed by atoms with Crippen molar-refractivity contribution >= 4 is 5.69 Å². The minimum atomic E-state index is -0.325. The molecule has 2 N–H and O–H groups in total. The highest BCUT2D eigenvalue weighted by Crippen LogP contribution is 2.38. The SMILES string of the molecule is Cc1cccc([N+](=O)[O-])c1CC1(N)CC1. The third-order valence-corrected chi connectivity index (χ3v) is 3.00. The zero-order valence-electron chi connectivity index (χ0n) is 8.69. The van der Waals surface area contributed by atoms with Crippen LogP contribution in [0.3, 0.4) is 0 Å². The number of nitrogens with two attached hydrogens (primary N) is 1. The van der Waals surface area contributed by atoms with Crippen LogP contribution in [0.15, 0.2) is 18.2 Å². The van der Waals surface area contributed by atoms with Crippen LogP contribution in [-0.2, 0) is 6.42 Å². The summed E-state index contributed by atoms with van der Waals surface area (Å²) in [5.41, 5.74) is 7.76. The first kappa shape index (κ1) is 10.1. The molecule has 1 aliphatic rings. The average molecular weight is 206 g/mol. The molecule has 0 unspecified atom stereocenters. The number of aryl methyl sites for hydroxylation is 1. The van der Waals surface area contributed by atoms with E-state index < -0.39 is 0 Å². The van der Waals surface area contributed by atoms with Crippen LogP contribution in [0, 0.1) is 17.0 Å². The van der Waals surface area contributed by atoms with Crippen molar-refractivity contribution in [2.75, 3.05) is 0 Å². The summed E-state index contributed by atoms with van der Waals surface area (Å²) in [5, 5.41) is 10.8. The van der Waals surface area contributed by atoms with Crippen molar-refractivity contribution in [1.29, 1.82) is 0 Å². The maximum atomic E-state index is 10.8. The first-order chi connectivity index (χ1) is 7.02. The molecule has 4 nitrogen and oxygen atoms in total. The molecular formula is C11H14N2O2. The fourth-order valence-electron chi connectivity index (χ4n) is 1.78. The van der Waals surface area contributed by atoms with Gasteiger partial charge >= 0.3 is 0 Å². The van der Waals surface area contributed by atoms with Crippen molar-refractivity contribution in [2.45, 2.75) is 31.7 Å². The molecule has 1 aromatic rings. The topological polar surface area (TPSA) is 69.2 Å². The molecule has 1 aromatic carbocycles. The molecule has 15 heavy (non-hydrogen) atoms. The zero-order chi connectivity index (χ0) is 11.1. The third kappa shape index (κ3) is 1.99. The third-order valence-electron chi connectivity index (χ3n) is 3.00. The van der Waals surface area contributed by atoms with E-state index in [4.69, 9.17) is 5.73 Å². The molecule has 0 spiro atoms. The lowest BCUT2D eigenvalue weighted by Crippen LogP contribution is -2.25. The van der Waals surface area contributed by atoms with Crippen molar-refractivity contribution < 1.29 is 4.92 Å². The van der Waals surface area contributed by atoms with E-state index in [-0.39, 0.29) is 16.1 Å². The standard InChI is InChI=1S/C11H14N2O2/c1-8-3-2-4-10(13(14)15)9(8)7-11(12)5-6-11/h2-4H,5-7,12H2,1H3. The van der Waals surface area contributed by atoms with Crippen LogP contribution in [-0.4, -0.2) is 10.5 Å². The van der Waals surface area contributed by atoms with Crippen molar-refractivity contribution in [2.24, 2.45) is 5.73 Å². The number of nitro benzene ring substituents is 1. The summed E-state index contributed by atoms with van der Waals surface area (Å²) < 4.78 is 0. The van der Waals surface area contributed by atoms with Crippen LogP contribution in [0.5, 0.6) is 0 Å². The molecule has 1 aliphatic carbocycles.